The van der Waals surface area contributed by atoms with Gasteiger partial charge < -0.3 is 15.5 Å². The summed E-state index contributed by atoms with van der Waals surface area (Å²) in [6.45, 7) is 10.0. The summed E-state index contributed by atoms with van der Waals surface area (Å²) in [5.74, 6) is 2.69. The van der Waals surface area contributed by atoms with Crippen molar-refractivity contribution in [1.29, 1.82) is 0 Å². The molecule has 1 saturated carbocycles. The van der Waals surface area contributed by atoms with Crippen molar-refractivity contribution in [1.82, 2.24) is 20.4 Å². The molecule has 0 spiro atoms. The highest BCUT2D eigenvalue weighted by Crippen LogP contribution is 2.52. The average Bonchev–Trinajstić information content (AvgIpc) is 3.38. The molecule has 2 amide bonds. The van der Waals surface area contributed by atoms with Crippen LogP contribution in [0.5, 0.6) is 0 Å². The molecular weight excluding hydrogens is 505 g/mol. The Morgan fingerprint density at radius 2 is 1.55 bits per heavy atom. The van der Waals surface area contributed by atoms with Gasteiger partial charge in [0.25, 0.3) is 0 Å². The largest absolute Gasteiger partial charge is 0.356 e. The number of carbonyl (C=O) groups is 2. The average molecular weight is 543 g/mol. The molecule has 4 aliphatic rings. The lowest BCUT2D eigenvalue weighted by molar-refractivity contribution is -0.140. The van der Waals surface area contributed by atoms with Gasteiger partial charge in [-0.1, -0.05) is 26.0 Å². The smallest absolute Gasteiger partial charge is 0.233 e. The quantitative estimate of drug-likeness (QED) is 0.128. The number of hydrogen-bond acceptors (Lipinski definition) is 4. The van der Waals surface area contributed by atoms with Crippen molar-refractivity contribution >= 4 is 41.8 Å². The van der Waals surface area contributed by atoms with Crippen LogP contribution in [0.1, 0.15) is 33.1 Å². The molecule has 2 N–H and O–H groups in total. The summed E-state index contributed by atoms with van der Waals surface area (Å²) < 4.78 is 0. The summed E-state index contributed by atoms with van der Waals surface area (Å²) >= 11 is 0. The van der Waals surface area contributed by atoms with E-state index in [1.807, 2.05) is 0 Å². The summed E-state index contributed by atoms with van der Waals surface area (Å²) in [5.41, 5.74) is 0. The molecule has 0 radical (unpaired) electrons. The second kappa shape index (κ2) is 10.6. The Balaban J connectivity index is 0.00000272. The summed E-state index contributed by atoms with van der Waals surface area (Å²) in [4.78, 5) is 33.8. The number of amides is 2. The van der Waals surface area contributed by atoms with E-state index in [4.69, 9.17) is 0 Å². The van der Waals surface area contributed by atoms with Gasteiger partial charge in [-0.2, -0.15) is 0 Å². The number of imide groups is 1. The maximum atomic E-state index is 12.7. The van der Waals surface area contributed by atoms with Crippen LogP contribution in [0, 0.1) is 35.5 Å². The molecule has 0 aromatic carbocycles. The number of guanidine groups is 1. The highest BCUT2D eigenvalue weighted by atomic mass is 127. The maximum Gasteiger partial charge on any atom is 0.233 e. The zero-order valence-corrected chi connectivity index (χ0v) is 21.4. The first kappa shape index (κ1) is 24.5. The SMILES string of the molecule is CN=C(NCCCN1CC(C)CC(C)C1)NCCN1C(=O)C2C3C=CC(C3)C2C1=O.I. The standard InChI is InChI=1S/C23H37N5O2.HI/c1-15-11-16(2)14-27(13-15)9-4-7-25-23(24-3)26-8-10-28-21(29)19-17-5-6-18(12-17)20(19)22(28)30;/h5-6,15-20H,4,7-14H2,1-3H3,(H2,24,25,26);1H. The number of carbonyl (C=O) groups excluding carboxylic acids is 2. The van der Waals surface area contributed by atoms with Crippen LogP contribution in [0.25, 0.3) is 0 Å². The summed E-state index contributed by atoms with van der Waals surface area (Å²) in [7, 11) is 1.75. The fraction of sp³-hybridized carbons (Fsp3) is 0.783. The molecule has 0 aromatic rings. The third-order valence-electron chi connectivity index (χ3n) is 7.30. The van der Waals surface area contributed by atoms with Crippen LogP contribution in [0.2, 0.25) is 0 Å². The van der Waals surface area contributed by atoms with Gasteiger partial charge in [0.15, 0.2) is 5.96 Å². The van der Waals surface area contributed by atoms with Crippen molar-refractivity contribution in [2.45, 2.75) is 33.1 Å². The maximum absolute atomic E-state index is 12.7. The fourth-order valence-corrected chi connectivity index (χ4v) is 6.18. The van der Waals surface area contributed by atoms with Crippen molar-refractivity contribution in [3.63, 3.8) is 0 Å². The summed E-state index contributed by atoms with van der Waals surface area (Å²) in [6, 6.07) is 0. The number of allylic oxidation sites excluding steroid dienone is 2. The van der Waals surface area contributed by atoms with Gasteiger partial charge in [0.1, 0.15) is 0 Å². The summed E-state index contributed by atoms with van der Waals surface area (Å²) in [6.07, 6.45) is 7.66. The van der Waals surface area contributed by atoms with E-state index in [0.29, 0.717) is 13.1 Å². The summed E-state index contributed by atoms with van der Waals surface area (Å²) in [5, 5.41) is 6.61. The predicted molar refractivity (Wildman–Crippen MR) is 133 cm³/mol. The van der Waals surface area contributed by atoms with Crippen LogP contribution >= 0.6 is 24.0 Å². The topological polar surface area (TPSA) is 77.0 Å². The molecule has 2 heterocycles. The Labute approximate surface area is 203 Å². The predicted octanol–water partition coefficient (Wildman–Crippen LogP) is 1.94. The van der Waals surface area contributed by atoms with Gasteiger partial charge >= 0.3 is 0 Å². The zero-order chi connectivity index (χ0) is 21.3. The van der Waals surface area contributed by atoms with Gasteiger partial charge in [-0.25, -0.2) is 0 Å². The van der Waals surface area contributed by atoms with Crippen LogP contribution < -0.4 is 10.6 Å². The molecular formula is C23H38IN5O2. The number of rotatable bonds is 7. The van der Waals surface area contributed by atoms with Crippen LogP contribution in [0.4, 0.5) is 0 Å². The highest BCUT2D eigenvalue weighted by Gasteiger charge is 2.58. The van der Waals surface area contributed by atoms with Crippen molar-refractivity contribution in [3.8, 4) is 0 Å². The second-order valence-corrected chi connectivity index (χ2v) is 9.81. The van der Waals surface area contributed by atoms with Crippen molar-refractivity contribution in [2.75, 3.05) is 46.3 Å². The Hall–Kier alpha value is -1.16. The molecule has 174 valence electrons. The van der Waals surface area contributed by atoms with E-state index in [0.717, 1.165) is 43.7 Å². The molecule has 8 heteroatoms. The van der Waals surface area contributed by atoms with Gasteiger partial charge in [0.2, 0.25) is 11.8 Å². The number of nitrogens with zero attached hydrogens (tertiary/aromatic N) is 3. The van der Waals surface area contributed by atoms with E-state index < -0.39 is 0 Å². The lowest BCUT2D eigenvalue weighted by atomic mass is 9.85. The van der Waals surface area contributed by atoms with Crippen LogP contribution in [0.15, 0.2) is 17.1 Å². The molecule has 2 bridgehead atoms. The molecule has 0 aromatic heterocycles. The van der Waals surface area contributed by atoms with Gasteiger partial charge in [-0.3, -0.25) is 19.5 Å². The van der Waals surface area contributed by atoms with Gasteiger partial charge in [-0.05, 0) is 49.5 Å². The Bertz CT molecular complexity index is 687. The number of hydrogen-bond donors (Lipinski definition) is 2. The van der Waals surface area contributed by atoms with E-state index in [-0.39, 0.29) is 59.5 Å². The van der Waals surface area contributed by atoms with Crippen molar-refractivity contribution in [3.05, 3.63) is 12.2 Å². The van der Waals surface area contributed by atoms with E-state index in [2.05, 4.69) is 46.5 Å². The van der Waals surface area contributed by atoms with E-state index in [1.165, 1.54) is 24.4 Å². The van der Waals surface area contributed by atoms with Crippen LogP contribution in [-0.4, -0.2) is 73.9 Å². The second-order valence-electron chi connectivity index (χ2n) is 9.81. The molecule has 2 aliphatic heterocycles. The third kappa shape index (κ3) is 5.26. The number of likely N-dealkylation sites (tertiary alicyclic amines) is 2. The lowest BCUT2D eigenvalue weighted by Crippen LogP contribution is -2.44. The molecule has 31 heavy (non-hydrogen) atoms. The third-order valence-corrected chi connectivity index (χ3v) is 7.30. The Kier molecular flexibility index (Phi) is 8.40. The van der Waals surface area contributed by atoms with Crippen molar-refractivity contribution < 1.29 is 9.59 Å². The number of piperidine rings is 1. The molecule has 6 unspecified atom stereocenters. The normalized spacial score (nSPS) is 34.8. The molecule has 7 nitrogen and oxygen atoms in total. The Morgan fingerprint density at radius 1 is 0.968 bits per heavy atom. The number of fused-ring (bicyclic) bond motifs is 5. The minimum absolute atomic E-state index is 0. The number of aliphatic imine (C=N–C) groups is 1. The minimum atomic E-state index is -0.106. The zero-order valence-electron chi connectivity index (χ0n) is 19.0. The van der Waals surface area contributed by atoms with E-state index in [9.17, 15) is 9.59 Å². The molecule has 3 fully saturated rings. The molecule has 6 atom stereocenters. The van der Waals surface area contributed by atoms with Gasteiger partial charge in [-0.15, -0.1) is 24.0 Å². The molecule has 2 saturated heterocycles. The van der Waals surface area contributed by atoms with Gasteiger partial charge in [0.05, 0.1) is 11.8 Å². The van der Waals surface area contributed by atoms with E-state index in [1.54, 1.807) is 7.05 Å². The first-order chi connectivity index (χ1) is 14.5. The highest BCUT2D eigenvalue weighted by molar-refractivity contribution is 14.0. The molecule has 2 aliphatic carbocycles. The lowest BCUT2D eigenvalue weighted by Gasteiger charge is -2.35. The van der Waals surface area contributed by atoms with Crippen LogP contribution in [0.3, 0.4) is 0 Å². The number of halogens is 1. The first-order valence-corrected chi connectivity index (χ1v) is 11.7. The first-order valence-electron chi connectivity index (χ1n) is 11.7. The van der Waals surface area contributed by atoms with Crippen molar-refractivity contribution in [2.24, 2.45) is 40.5 Å². The fourth-order valence-electron chi connectivity index (χ4n) is 6.18. The van der Waals surface area contributed by atoms with Crippen LogP contribution in [-0.2, 0) is 9.59 Å². The minimum Gasteiger partial charge on any atom is -0.356 e. The molecule has 4 rings (SSSR count). The Morgan fingerprint density at radius 3 is 2.13 bits per heavy atom. The monoisotopic (exact) mass is 543 g/mol. The van der Waals surface area contributed by atoms with Gasteiger partial charge in [0, 0.05) is 39.8 Å². The van der Waals surface area contributed by atoms with E-state index >= 15 is 0 Å². The number of nitrogens with one attached hydrogen (secondary N) is 2.